The molecule has 20 heavy (non-hydrogen) atoms. The molecule has 102 valence electrons. The molecule has 0 radical (unpaired) electrons. The first-order valence-corrected chi connectivity index (χ1v) is 6.34. The van der Waals surface area contributed by atoms with E-state index in [0.717, 1.165) is 6.08 Å². The number of hydrogen-bond donors (Lipinski definition) is 1. The van der Waals surface area contributed by atoms with Gasteiger partial charge in [0.1, 0.15) is 0 Å². The molecule has 0 atom stereocenters. The molecule has 2 aromatic rings. The van der Waals surface area contributed by atoms with Crippen LogP contribution in [0.15, 0.2) is 47.1 Å². The molecule has 6 heteroatoms. The third-order valence-electron chi connectivity index (χ3n) is 2.29. The number of rotatable bonds is 4. The van der Waals surface area contributed by atoms with Crippen LogP contribution in [0.25, 0.3) is 6.08 Å². The van der Waals surface area contributed by atoms with E-state index in [-0.39, 0.29) is 11.6 Å². The van der Waals surface area contributed by atoms with Crippen molar-refractivity contribution in [2.45, 2.75) is 0 Å². The first-order chi connectivity index (χ1) is 9.54. The van der Waals surface area contributed by atoms with Crippen molar-refractivity contribution >= 4 is 28.0 Å². The molecule has 1 heterocycles. The van der Waals surface area contributed by atoms with Crippen LogP contribution < -0.4 is 4.74 Å². The van der Waals surface area contributed by atoms with Gasteiger partial charge in [-0.05, 0) is 35.9 Å². The van der Waals surface area contributed by atoms with E-state index in [4.69, 9.17) is 9.84 Å². The quantitative estimate of drug-likeness (QED) is 0.860. The number of nitrogens with zero attached hydrogens (tertiary/aromatic N) is 1. The highest BCUT2D eigenvalue weighted by Crippen LogP contribution is 2.26. The zero-order chi connectivity index (χ0) is 14.5. The Morgan fingerprint density at radius 1 is 1.35 bits per heavy atom. The molecule has 0 saturated heterocycles. The summed E-state index contributed by atoms with van der Waals surface area (Å²) in [6.07, 6.45) is 3.84. The topological polar surface area (TPSA) is 59.4 Å². The van der Waals surface area contributed by atoms with Crippen molar-refractivity contribution in [1.82, 2.24) is 4.98 Å². The highest BCUT2D eigenvalue weighted by atomic mass is 79.9. The molecular weight excluding hydrogens is 329 g/mol. The van der Waals surface area contributed by atoms with Gasteiger partial charge in [0.2, 0.25) is 5.88 Å². The van der Waals surface area contributed by atoms with Crippen LogP contribution in [0.5, 0.6) is 11.6 Å². The fraction of sp³-hybridized carbons (Fsp3) is 0. The highest BCUT2D eigenvalue weighted by Gasteiger charge is 2.06. The van der Waals surface area contributed by atoms with Crippen molar-refractivity contribution in [1.29, 1.82) is 0 Å². The normalized spacial score (nSPS) is 10.7. The largest absolute Gasteiger partial charge is 0.478 e. The van der Waals surface area contributed by atoms with Gasteiger partial charge >= 0.3 is 5.97 Å². The van der Waals surface area contributed by atoms with Gasteiger partial charge in [-0.2, -0.15) is 0 Å². The Kier molecular flexibility index (Phi) is 4.47. The third-order valence-corrected chi connectivity index (χ3v) is 2.78. The minimum atomic E-state index is -1.04. The molecule has 1 aromatic heterocycles. The van der Waals surface area contributed by atoms with Gasteiger partial charge in [-0.1, -0.05) is 15.9 Å². The Bertz CT molecular complexity index is 656. The number of carboxylic acids is 1. The minimum absolute atomic E-state index is 0.0562. The van der Waals surface area contributed by atoms with Crippen LogP contribution in [0.2, 0.25) is 0 Å². The Morgan fingerprint density at radius 3 is 2.80 bits per heavy atom. The van der Waals surface area contributed by atoms with E-state index < -0.39 is 11.8 Å². The summed E-state index contributed by atoms with van der Waals surface area (Å²) >= 11 is 3.22. The van der Waals surface area contributed by atoms with Crippen LogP contribution in [0, 0.1) is 5.82 Å². The molecule has 0 aliphatic heterocycles. The predicted octanol–water partition coefficient (Wildman–Crippen LogP) is 3.87. The molecule has 4 nitrogen and oxygen atoms in total. The zero-order valence-electron chi connectivity index (χ0n) is 10.1. The minimum Gasteiger partial charge on any atom is -0.478 e. The number of pyridine rings is 1. The average molecular weight is 338 g/mol. The summed E-state index contributed by atoms with van der Waals surface area (Å²) in [6.45, 7) is 0. The third kappa shape index (κ3) is 3.89. The smallest absolute Gasteiger partial charge is 0.328 e. The Hall–Kier alpha value is -2.21. The van der Waals surface area contributed by atoms with Gasteiger partial charge in [0, 0.05) is 22.8 Å². The van der Waals surface area contributed by atoms with Gasteiger partial charge in [0.05, 0.1) is 0 Å². The van der Waals surface area contributed by atoms with Gasteiger partial charge in [0.25, 0.3) is 0 Å². The molecule has 0 aliphatic rings. The van der Waals surface area contributed by atoms with E-state index >= 15 is 0 Å². The highest BCUT2D eigenvalue weighted by molar-refractivity contribution is 9.10. The van der Waals surface area contributed by atoms with Crippen LogP contribution in [0.1, 0.15) is 5.56 Å². The molecular formula is C14H9BrFNO3. The SMILES string of the molecule is O=C(O)/C=C/c1ccc(Oc2cc(Br)ccc2F)nc1. The van der Waals surface area contributed by atoms with Crippen molar-refractivity contribution in [3.05, 3.63) is 58.5 Å². The first kappa shape index (κ1) is 14.2. The van der Waals surface area contributed by atoms with Crippen molar-refractivity contribution < 1.29 is 19.0 Å². The van der Waals surface area contributed by atoms with E-state index in [1.165, 1.54) is 30.5 Å². The van der Waals surface area contributed by atoms with Gasteiger partial charge in [-0.25, -0.2) is 14.2 Å². The van der Waals surface area contributed by atoms with E-state index in [2.05, 4.69) is 20.9 Å². The summed E-state index contributed by atoms with van der Waals surface area (Å²) in [5.74, 6) is -1.26. The maximum Gasteiger partial charge on any atom is 0.328 e. The lowest BCUT2D eigenvalue weighted by atomic mass is 10.2. The molecule has 0 aliphatic carbocycles. The first-order valence-electron chi connectivity index (χ1n) is 5.54. The summed E-state index contributed by atoms with van der Waals surface area (Å²) in [6, 6.07) is 7.49. The van der Waals surface area contributed by atoms with Crippen LogP contribution >= 0.6 is 15.9 Å². The Balaban J connectivity index is 2.14. The second kappa shape index (κ2) is 6.29. The van der Waals surface area contributed by atoms with Crippen LogP contribution in [-0.2, 0) is 4.79 Å². The fourth-order valence-corrected chi connectivity index (χ4v) is 1.73. The van der Waals surface area contributed by atoms with Gasteiger partial charge < -0.3 is 9.84 Å². The summed E-state index contributed by atoms with van der Waals surface area (Å²) in [7, 11) is 0. The number of hydrogen-bond acceptors (Lipinski definition) is 3. The number of carboxylic acid groups (broad SMARTS) is 1. The van der Waals surface area contributed by atoms with Crippen LogP contribution in [-0.4, -0.2) is 16.1 Å². The standard InChI is InChI=1S/C14H9BrFNO3/c15-10-3-4-11(16)12(7-10)20-13-5-1-9(8-17-13)2-6-14(18)19/h1-8H,(H,18,19)/b6-2+. The monoisotopic (exact) mass is 337 g/mol. The van der Waals surface area contributed by atoms with E-state index in [1.54, 1.807) is 12.1 Å². The van der Waals surface area contributed by atoms with E-state index in [0.29, 0.717) is 10.0 Å². The summed E-state index contributed by atoms with van der Waals surface area (Å²) in [5, 5.41) is 8.50. The molecule has 1 N–H and O–H groups in total. The molecule has 0 spiro atoms. The summed E-state index contributed by atoms with van der Waals surface area (Å²) < 4.78 is 19.5. The van der Waals surface area contributed by atoms with E-state index in [9.17, 15) is 9.18 Å². The maximum atomic E-state index is 13.5. The van der Waals surface area contributed by atoms with Crippen molar-refractivity contribution in [2.24, 2.45) is 0 Å². The summed E-state index contributed by atoms with van der Waals surface area (Å²) in [4.78, 5) is 14.3. The number of carbonyl (C=O) groups is 1. The lowest BCUT2D eigenvalue weighted by molar-refractivity contribution is -0.131. The van der Waals surface area contributed by atoms with Crippen LogP contribution in [0.3, 0.4) is 0 Å². The zero-order valence-corrected chi connectivity index (χ0v) is 11.7. The molecule has 2 rings (SSSR count). The number of ether oxygens (including phenoxy) is 1. The number of aromatic nitrogens is 1. The predicted molar refractivity (Wildman–Crippen MR) is 75.1 cm³/mol. The maximum absolute atomic E-state index is 13.5. The van der Waals surface area contributed by atoms with Crippen molar-refractivity contribution in [3.8, 4) is 11.6 Å². The molecule has 0 fully saturated rings. The summed E-state index contributed by atoms with van der Waals surface area (Å²) in [5.41, 5.74) is 0.606. The van der Waals surface area contributed by atoms with Gasteiger partial charge in [-0.3, -0.25) is 0 Å². The molecule has 0 saturated carbocycles. The van der Waals surface area contributed by atoms with Gasteiger partial charge in [0.15, 0.2) is 11.6 Å². The van der Waals surface area contributed by atoms with Gasteiger partial charge in [-0.15, -0.1) is 0 Å². The second-order valence-corrected chi connectivity index (χ2v) is 4.69. The number of halogens is 2. The molecule has 0 bridgehead atoms. The average Bonchev–Trinajstić information content (AvgIpc) is 2.42. The fourth-order valence-electron chi connectivity index (χ4n) is 1.39. The number of benzene rings is 1. The van der Waals surface area contributed by atoms with Crippen molar-refractivity contribution in [2.75, 3.05) is 0 Å². The number of aliphatic carboxylic acids is 1. The lowest BCUT2D eigenvalue weighted by Crippen LogP contribution is -1.91. The second-order valence-electron chi connectivity index (χ2n) is 3.78. The molecule has 0 unspecified atom stereocenters. The molecule has 1 aromatic carbocycles. The van der Waals surface area contributed by atoms with E-state index in [1.807, 2.05) is 0 Å². The Morgan fingerprint density at radius 2 is 2.15 bits per heavy atom. The lowest BCUT2D eigenvalue weighted by Gasteiger charge is -2.06. The van der Waals surface area contributed by atoms with Crippen molar-refractivity contribution in [3.63, 3.8) is 0 Å². The van der Waals surface area contributed by atoms with Crippen LogP contribution in [0.4, 0.5) is 4.39 Å². The molecule has 0 amide bonds. The Labute approximate surface area is 122 Å².